The zero-order chi connectivity index (χ0) is 27.5. The van der Waals surface area contributed by atoms with E-state index < -0.39 is 10.8 Å². The quantitative estimate of drug-likeness (QED) is 0.379. The number of ketones is 2. The van der Waals surface area contributed by atoms with Gasteiger partial charge in [0.05, 0.1) is 12.1 Å². The first kappa shape index (κ1) is 25.8. The Morgan fingerprint density at radius 3 is 2.42 bits per heavy atom. The van der Waals surface area contributed by atoms with Crippen molar-refractivity contribution in [1.82, 2.24) is 9.78 Å². The Bertz CT molecular complexity index is 1310. The van der Waals surface area contributed by atoms with E-state index in [1.54, 1.807) is 0 Å². The van der Waals surface area contributed by atoms with E-state index in [0.717, 1.165) is 32.1 Å². The van der Waals surface area contributed by atoms with E-state index in [1.807, 2.05) is 38.3 Å². The van der Waals surface area contributed by atoms with Crippen LogP contribution in [0.1, 0.15) is 87.0 Å². The molecule has 0 bridgehead atoms. The van der Waals surface area contributed by atoms with E-state index in [4.69, 9.17) is 11.7 Å². The third-order valence-corrected chi connectivity index (χ3v) is 13.1. The van der Waals surface area contributed by atoms with Gasteiger partial charge in [0.15, 0.2) is 11.6 Å². The first-order valence-corrected chi connectivity index (χ1v) is 14.7. The van der Waals surface area contributed by atoms with Gasteiger partial charge in [-0.25, -0.2) is 4.85 Å². The Hall–Kier alpha value is -2.48. The van der Waals surface area contributed by atoms with E-state index >= 15 is 0 Å². The molecule has 0 radical (unpaired) electrons. The lowest BCUT2D eigenvalue weighted by molar-refractivity contribution is -0.174. The maximum atomic E-state index is 14.6. The van der Waals surface area contributed by atoms with Crippen LogP contribution in [0.3, 0.4) is 0 Å². The molecule has 0 aromatic carbocycles. The van der Waals surface area contributed by atoms with Crippen LogP contribution in [-0.4, -0.2) is 21.3 Å². The van der Waals surface area contributed by atoms with Crippen LogP contribution in [0.4, 0.5) is 0 Å². The monoisotopic (exact) mass is 513 g/mol. The van der Waals surface area contributed by atoms with Crippen LogP contribution in [0.5, 0.6) is 0 Å². The second-order valence-electron chi connectivity index (χ2n) is 14.7. The predicted molar refractivity (Wildman–Crippen MR) is 148 cm³/mol. The van der Waals surface area contributed by atoms with Gasteiger partial charge in [0.1, 0.15) is 0 Å². The minimum atomic E-state index is -0.624. The van der Waals surface area contributed by atoms with Gasteiger partial charge < -0.3 is 4.79 Å². The van der Waals surface area contributed by atoms with Gasteiger partial charge in [-0.15, -0.1) is 0 Å². The molecule has 1 aromatic heterocycles. The Balaban J connectivity index is 1.55. The van der Waals surface area contributed by atoms with E-state index in [0.29, 0.717) is 11.8 Å². The molecule has 5 heteroatoms. The summed E-state index contributed by atoms with van der Waals surface area (Å²) in [5, 5.41) is 4.79. The number of allylic oxidation sites excluding steroid dienone is 4. The number of fused-ring (bicyclic) bond motifs is 7. The summed E-state index contributed by atoms with van der Waals surface area (Å²) in [6, 6.07) is 2.03. The van der Waals surface area contributed by atoms with Crippen LogP contribution in [0.25, 0.3) is 4.85 Å². The van der Waals surface area contributed by atoms with E-state index in [1.165, 1.54) is 12.0 Å². The topological polar surface area (TPSA) is 56.3 Å². The summed E-state index contributed by atoms with van der Waals surface area (Å²) in [4.78, 5) is 31.5. The number of nitrogens with zero attached hydrogens (tertiary/aromatic N) is 3. The van der Waals surface area contributed by atoms with Crippen LogP contribution in [0, 0.1) is 57.8 Å². The number of Topliss-reactive ketones (excluding diaryl/α,β-unsaturated/α-hetero) is 1. The molecule has 1 aromatic rings. The highest BCUT2D eigenvalue weighted by atomic mass is 16.1. The molecule has 0 N–H and O–H groups in total. The Labute approximate surface area is 228 Å². The molecule has 0 saturated heterocycles. The SMILES string of the molecule is [C-]#[N+]C1=C[C@]2(C)C3=CC(=O)[C@@H]4[C@@H]5[C@@H](C)[C@H](C)CC[C@]5(n5cccn5)CC[C@@]4(C)[C@]3(C)CC[C@H]2C(C)(C)C1=O. The van der Waals surface area contributed by atoms with Gasteiger partial charge in [-0.1, -0.05) is 60.1 Å². The maximum absolute atomic E-state index is 14.6. The van der Waals surface area contributed by atoms with E-state index in [-0.39, 0.29) is 51.4 Å². The Morgan fingerprint density at radius 2 is 1.76 bits per heavy atom. The summed E-state index contributed by atoms with van der Waals surface area (Å²) < 4.78 is 2.21. The molecule has 0 amide bonds. The molecular weight excluding hydrogens is 470 g/mol. The van der Waals surface area contributed by atoms with Gasteiger partial charge in [-0.2, -0.15) is 5.10 Å². The Morgan fingerprint density at radius 1 is 1.03 bits per heavy atom. The fourth-order valence-electron chi connectivity index (χ4n) is 10.7. The molecule has 0 spiro atoms. The second kappa shape index (κ2) is 7.80. The third-order valence-electron chi connectivity index (χ3n) is 13.1. The number of carbonyl (C=O) groups excluding carboxylic acids is 2. The zero-order valence-electron chi connectivity index (χ0n) is 24.2. The van der Waals surface area contributed by atoms with Crippen LogP contribution < -0.4 is 0 Å². The van der Waals surface area contributed by atoms with Crippen molar-refractivity contribution < 1.29 is 9.59 Å². The number of aromatic nitrogens is 2. The smallest absolute Gasteiger partial charge is 0.226 e. The lowest BCUT2D eigenvalue weighted by Crippen LogP contribution is -2.67. The molecule has 3 saturated carbocycles. The molecule has 5 nitrogen and oxygen atoms in total. The number of rotatable bonds is 1. The van der Waals surface area contributed by atoms with Gasteiger partial charge in [0.2, 0.25) is 5.70 Å². The number of hydrogen-bond donors (Lipinski definition) is 0. The van der Waals surface area contributed by atoms with Crippen molar-refractivity contribution in [1.29, 1.82) is 0 Å². The van der Waals surface area contributed by atoms with Crippen LogP contribution >= 0.6 is 0 Å². The summed E-state index contributed by atoms with van der Waals surface area (Å²) >= 11 is 0. The van der Waals surface area contributed by atoms with Crippen LogP contribution in [0.15, 0.2) is 41.9 Å². The fraction of sp³-hybridized carbons (Fsp3) is 0.697. The normalized spacial score (nSPS) is 47.5. The molecule has 5 aliphatic rings. The van der Waals surface area contributed by atoms with Crippen molar-refractivity contribution in [2.75, 3.05) is 0 Å². The maximum Gasteiger partial charge on any atom is 0.226 e. The molecule has 6 rings (SSSR count). The van der Waals surface area contributed by atoms with E-state index in [9.17, 15) is 9.59 Å². The highest BCUT2D eigenvalue weighted by molar-refractivity contribution is 6.03. The first-order chi connectivity index (χ1) is 17.8. The molecule has 9 atom stereocenters. The molecule has 202 valence electrons. The molecule has 38 heavy (non-hydrogen) atoms. The summed E-state index contributed by atoms with van der Waals surface area (Å²) in [6.45, 7) is 23.6. The van der Waals surface area contributed by atoms with Gasteiger partial charge in [0.25, 0.3) is 0 Å². The van der Waals surface area contributed by atoms with Crippen molar-refractivity contribution in [3.8, 4) is 0 Å². The lowest BCUT2D eigenvalue weighted by Gasteiger charge is -2.69. The van der Waals surface area contributed by atoms with Crippen molar-refractivity contribution in [2.45, 2.75) is 92.5 Å². The standard InChI is InChI=1S/C33H43N3O2/c1-20-10-13-33(36-17-9-16-35-36)15-14-32(7)27(26(33)21(20)2)23(37)18-25-30(5)19-22(34-8)28(38)29(3,4)24(30)11-12-31(25,32)6/h9,16-21,24,26-27H,10-15H2,1-7H3/t20-,21+,24+,26+,27-,30+,31-,32-,33+/m1/s1. The largest absolute Gasteiger partial charge is 0.307 e. The van der Waals surface area contributed by atoms with Gasteiger partial charge in [-0.05, 0) is 85.2 Å². The predicted octanol–water partition coefficient (Wildman–Crippen LogP) is 7.02. The van der Waals surface area contributed by atoms with Crippen molar-refractivity contribution in [3.63, 3.8) is 0 Å². The summed E-state index contributed by atoms with van der Waals surface area (Å²) in [5.74, 6) is 1.46. The van der Waals surface area contributed by atoms with E-state index in [2.05, 4.69) is 50.3 Å². The highest BCUT2D eigenvalue weighted by Gasteiger charge is 2.70. The van der Waals surface area contributed by atoms with Crippen LogP contribution in [0.2, 0.25) is 0 Å². The summed E-state index contributed by atoms with van der Waals surface area (Å²) in [7, 11) is 0. The van der Waals surface area contributed by atoms with Crippen molar-refractivity contribution >= 4 is 11.6 Å². The number of carbonyl (C=O) groups is 2. The molecule has 0 aliphatic heterocycles. The molecule has 0 unspecified atom stereocenters. The summed E-state index contributed by atoms with van der Waals surface area (Å²) in [6.07, 6.45) is 14.1. The second-order valence-corrected chi connectivity index (χ2v) is 14.7. The minimum Gasteiger partial charge on any atom is -0.307 e. The summed E-state index contributed by atoms with van der Waals surface area (Å²) in [5.41, 5.74) is -0.157. The van der Waals surface area contributed by atoms with Gasteiger partial charge in [-0.3, -0.25) is 9.48 Å². The average Bonchev–Trinajstić information content (AvgIpc) is 3.41. The Kier molecular flexibility index (Phi) is 5.29. The highest BCUT2D eigenvalue weighted by Crippen LogP contribution is 2.74. The van der Waals surface area contributed by atoms with Gasteiger partial charge >= 0.3 is 0 Å². The fourth-order valence-corrected chi connectivity index (χ4v) is 10.7. The van der Waals surface area contributed by atoms with Gasteiger partial charge in [0, 0.05) is 29.1 Å². The minimum absolute atomic E-state index is 0.0444. The molecule has 1 heterocycles. The first-order valence-electron chi connectivity index (χ1n) is 14.7. The third kappa shape index (κ3) is 2.85. The zero-order valence-corrected chi connectivity index (χ0v) is 24.2. The molecule has 3 fully saturated rings. The molecule has 5 aliphatic carbocycles. The lowest BCUT2D eigenvalue weighted by atomic mass is 9.35. The molecular formula is C33H43N3O2. The van der Waals surface area contributed by atoms with Crippen molar-refractivity contribution in [3.05, 3.63) is 53.3 Å². The number of hydrogen-bond acceptors (Lipinski definition) is 3. The van der Waals surface area contributed by atoms with Crippen LogP contribution in [-0.2, 0) is 15.1 Å². The van der Waals surface area contributed by atoms with Crippen molar-refractivity contribution in [2.24, 2.45) is 51.2 Å². The average molecular weight is 514 g/mol.